The molecule has 1 heterocycles. The Labute approximate surface area is 151 Å². The molecule has 0 aliphatic carbocycles. The molecular weight excluding hydrogens is 393 g/mol. The van der Waals surface area contributed by atoms with Crippen LogP contribution in [-0.2, 0) is 4.79 Å². The Hall–Kier alpha value is -1.01. The van der Waals surface area contributed by atoms with Crippen LogP contribution in [0.3, 0.4) is 0 Å². The molecule has 1 amide bonds. The minimum Gasteiger partial charge on any atom is -0.355 e. The highest BCUT2D eigenvalue weighted by Gasteiger charge is 2.19. The number of aliphatic imine (C=N–C) groups is 1. The molecule has 126 valence electrons. The zero-order valence-corrected chi connectivity index (χ0v) is 16.2. The quantitative estimate of drug-likeness (QED) is 0.228. The predicted octanol–water partition coefficient (Wildman–Crippen LogP) is 0.299. The van der Waals surface area contributed by atoms with Crippen LogP contribution in [0, 0.1) is 12.3 Å². The lowest BCUT2D eigenvalue weighted by molar-refractivity contribution is -0.129. The van der Waals surface area contributed by atoms with Crippen molar-refractivity contribution in [2.24, 2.45) is 4.99 Å². The molecule has 0 aromatic carbocycles. The minimum atomic E-state index is 0. The van der Waals surface area contributed by atoms with Gasteiger partial charge in [-0.25, -0.2) is 0 Å². The summed E-state index contributed by atoms with van der Waals surface area (Å²) in [5.41, 5.74) is 0. The van der Waals surface area contributed by atoms with Crippen molar-refractivity contribution >= 4 is 35.8 Å². The van der Waals surface area contributed by atoms with Crippen LogP contribution >= 0.6 is 24.0 Å². The van der Waals surface area contributed by atoms with E-state index in [0.29, 0.717) is 12.8 Å². The lowest BCUT2D eigenvalue weighted by Crippen LogP contribution is -2.52. The van der Waals surface area contributed by atoms with E-state index in [0.717, 1.165) is 45.2 Å². The lowest BCUT2D eigenvalue weighted by Gasteiger charge is -2.36. The van der Waals surface area contributed by atoms with E-state index in [1.807, 2.05) is 0 Å². The van der Waals surface area contributed by atoms with Crippen LogP contribution in [0.4, 0.5) is 0 Å². The van der Waals surface area contributed by atoms with E-state index in [1.54, 1.807) is 26.0 Å². The van der Waals surface area contributed by atoms with E-state index < -0.39 is 0 Å². The first-order valence-electron chi connectivity index (χ1n) is 7.40. The van der Waals surface area contributed by atoms with Crippen LogP contribution in [0.25, 0.3) is 0 Å². The molecule has 1 fully saturated rings. The summed E-state index contributed by atoms with van der Waals surface area (Å²) >= 11 is 0. The van der Waals surface area contributed by atoms with E-state index in [-0.39, 0.29) is 29.9 Å². The number of carbonyl (C=O) groups excluding carboxylic acids is 1. The molecule has 1 N–H and O–H groups in total. The topological polar surface area (TPSA) is 51.2 Å². The summed E-state index contributed by atoms with van der Waals surface area (Å²) in [6.45, 7) is 5.33. The fourth-order valence-electron chi connectivity index (χ4n) is 2.24. The Morgan fingerprint density at radius 3 is 2.45 bits per heavy atom. The van der Waals surface area contributed by atoms with Gasteiger partial charge in [-0.1, -0.05) is 0 Å². The first kappa shape index (κ1) is 21.0. The largest absolute Gasteiger partial charge is 0.355 e. The third-order valence-corrected chi connectivity index (χ3v) is 3.58. The third kappa shape index (κ3) is 7.31. The van der Waals surface area contributed by atoms with Crippen LogP contribution in [-0.4, -0.2) is 87.0 Å². The van der Waals surface area contributed by atoms with Crippen molar-refractivity contribution < 1.29 is 4.79 Å². The number of terminal acetylenes is 1. The molecule has 0 saturated carbocycles. The van der Waals surface area contributed by atoms with Crippen molar-refractivity contribution in [2.75, 3.05) is 60.4 Å². The number of piperazine rings is 1. The van der Waals surface area contributed by atoms with Crippen molar-refractivity contribution in [3.8, 4) is 12.3 Å². The molecule has 1 aliphatic heterocycles. The monoisotopic (exact) mass is 421 g/mol. The van der Waals surface area contributed by atoms with Gasteiger partial charge in [-0.05, 0) is 0 Å². The van der Waals surface area contributed by atoms with E-state index in [2.05, 4.69) is 26.0 Å². The molecule has 0 atom stereocenters. The summed E-state index contributed by atoms with van der Waals surface area (Å²) in [4.78, 5) is 22.1. The molecule has 0 radical (unpaired) electrons. The van der Waals surface area contributed by atoms with Crippen molar-refractivity contribution in [3.63, 3.8) is 0 Å². The molecule has 0 aromatic rings. The molecule has 22 heavy (non-hydrogen) atoms. The second kappa shape index (κ2) is 11.5. The second-order valence-corrected chi connectivity index (χ2v) is 5.29. The number of guanidine groups is 1. The van der Waals surface area contributed by atoms with Crippen molar-refractivity contribution in [3.05, 3.63) is 0 Å². The highest BCUT2D eigenvalue weighted by atomic mass is 127. The molecule has 7 heteroatoms. The second-order valence-electron chi connectivity index (χ2n) is 5.29. The van der Waals surface area contributed by atoms with Crippen LogP contribution in [0.2, 0.25) is 0 Å². The number of halogens is 1. The van der Waals surface area contributed by atoms with Crippen LogP contribution in [0.1, 0.15) is 12.8 Å². The van der Waals surface area contributed by atoms with Crippen molar-refractivity contribution in [2.45, 2.75) is 12.8 Å². The molecule has 1 aliphatic rings. The number of nitrogens with zero attached hydrogens (tertiary/aromatic N) is 4. The van der Waals surface area contributed by atoms with Gasteiger partial charge in [0, 0.05) is 73.3 Å². The maximum atomic E-state index is 11.6. The predicted molar refractivity (Wildman–Crippen MR) is 102 cm³/mol. The number of hydrogen-bond donors (Lipinski definition) is 1. The summed E-state index contributed by atoms with van der Waals surface area (Å²) in [5, 5.41) is 3.27. The van der Waals surface area contributed by atoms with Gasteiger partial charge in [0.25, 0.3) is 0 Å². The fourth-order valence-corrected chi connectivity index (χ4v) is 2.24. The molecule has 1 rings (SSSR count). The Kier molecular flexibility index (Phi) is 11.0. The van der Waals surface area contributed by atoms with Gasteiger partial charge in [-0.3, -0.25) is 14.7 Å². The van der Waals surface area contributed by atoms with Gasteiger partial charge < -0.3 is 15.1 Å². The number of carbonyl (C=O) groups is 1. The average Bonchev–Trinajstić information content (AvgIpc) is 2.50. The third-order valence-electron chi connectivity index (χ3n) is 3.58. The standard InChI is InChI=1S/C15H27N5O.HI/c1-5-6-8-17-15(16-2)20-12-10-19(11-13-20)9-7-14(21)18(3)4;/h1H,6-13H2,2-4H3,(H,16,17);1H. The van der Waals surface area contributed by atoms with Gasteiger partial charge in [-0.2, -0.15) is 0 Å². The Bertz CT molecular complexity index is 397. The molecule has 0 spiro atoms. The average molecular weight is 421 g/mol. The Morgan fingerprint density at radius 1 is 1.32 bits per heavy atom. The van der Waals surface area contributed by atoms with E-state index in [1.165, 1.54) is 0 Å². The summed E-state index contributed by atoms with van der Waals surface area (Å²) in [5.74, 6) is 3.71. The van der Waals surface area contributed by atoms with Gasteiger partial charge in [-0.15, -0.1) is 36.3 Å². The summed E-state index contributed by atoms with van der Waals surface area (Å²) < 4.78 is 0. The van der Waals surface area contributed by atoms with Crippen LogP contribution in [0.15, 0.2) is 4.99 Å². The molecule has 0 unspecified atom stereocenters. The normalized spacial score (nSPS) is 15.7. The SMILES string of the molecule is C#CCCNC(=NC)N1CCN(CCC(=O)N(C)C)CC1.I. The maximum absolute atomic E-state index is 11.6. The summed E-state index contributed by atoms with van der Waals surface area (Å²) in [7, 11) is 5.39. The van der Waals surface area contributed by atoms with E-state index in [4.69, 9.17) is 6.42 Å². The van der Waals surface area contributed by atoms with Gasteiger partial charge in [0.15, 0.2) is 5.96 Å². The summed E-state index contributed by atoms with van der Waals surface area (Å²) in [6.07, 6.45) is 6.54. The molecule has 0 aromatic heterocycles. The van der Waals surface area contributed by atoms with Crippen LogP contribution < -0.4 is 5.32 Å². The van der Waals surface area contributed by atoms with E-state index in [9.17, 15) is 4.79 Å². The highest BCUT2D eigenvalue weighted by molar-refractivity contribution is 14.0. The van der Waals surface area contributed by atoms with Gasteiger partial charge >= 0.3 is 0 Å². The van der Waals surface area contributed by atoms with Gasteiger partial charge in [0.2, 0.25) is 5.91 Å². The zero-order valence-electron chi connectivity index (χ0n) is 13.8. The number of nitrogens with one attached hydrogen (secondary N) is 1. The van der Waals surface area contributed by atoms with Crippen LogP contribution in [0.5, 0.6) is 0 Å². The first-order valence-corrected chi connectivity index (χ1v) is 7.40. The molecule has 6 nitrogen and oxygen atoms in total. The Morgan fingerprint density at radius 2 is 1.95 bits per heavy atom. The zero-order chi connectivity index (χ0) is 15.7. The number of hydrogen-bond acceptors (Lipinski definition) is 3. The van der Waals surface area contributed by atoms with Crippen molar-refractivity contribution in [1.82, 2.24) is 20.0 Å². The fraction of sp³-hybridized carbons (Fsp3) is 0.733. The maximum Gasteiger partial charge on any atom is 0.223 e. The van der Waals surface area contributed by atoms with E-state index >= 15 is 0 Å². The molecule has 0 bridgehead atoms. The molecule has 1 saturated heterocycles. The molecular formula is C15H28IN5O. The van der Waals surface area contributed by atoms with Crippen molar-refractivity contribution in [1.29, 1.82) is 0 Å². The number of amides is 1. The Balaban J connectivity index is 0.00000441. The lowest BCUT2D eigenvalue weighted by atomic mass is 10.3. The minimum absolute atomic E-state index is 0. The van der Waals surface area contributed by atoms with Gasteiger partial charge in [0.1, 0.15) is 0 Å². The summed E-state index contributed by atoms with van der Waals surface area (Å²) in [6, 6.07) is 0. The van der Waals surface area contributed by atoms with Gasteiger partial charge in [0.05, 0.1) is 0 Å². The smallest absolute Gasteiger partial charge is 0.223 e. The highest BCUT2D eigenvalue weighted by Crippen LogP contribution is 2.03. The number of rotatable bonds is 5. The first-order chi connectivity index (χ1) is 10.1.